The summed E-state index contributed by atoms with van der Waals surface area (Å²) in [5.41, 5.74) is 0.269. The third-order valence-corrected chi connectivity index (χ3v) is 3.89. The molecule has 0 heterocycles. The number of benzene rings is 1. The molecule has 1 aromatic carbocycles. The predicted molar refractivity (Wildman–Crippen MR) is 72.7 cm³/mol. The van der Waals surface area contributed by atoms with Crippen LogP contribution in [0.1, 0.15) is 29.6 Å². The maximum Gasteiger partial charge on any atom is 0.308 e. The van der Waals surface area contributed by atoms with Crippen molar-refractivity contribution in [3.63, 3.8) is 0 Å². The van der Waals surface area contributed by atoms with Crippen LogP contribution in [0.25, 0.3) is 0 Å². The van der Waals surface area contributed by atoms with E-state index in [-0.39, 0.29) is 17.5 Å². The van der Waals surface area contributed by atoms with Gasteiger partial charge in [0.25, 0.3) is 5.91 Å². The van der Waals surface area contributed by atoms with Crippen molar-refractivity contribution >= 4 is 35.1 Å². The van der Waals surface area contributed by atoms with Crippen LogP contribution in [-0.4, -0.2) is 23.0 Å². The molecule has 2 atom stereocenters. The molecule has 102 valence electrons. The van der Waals surface area contributed by atoms with Crippen LogP contribution in [0.15, 0.2) is 18.2 Å². The normalized spacial score (nSPS) is 22.2. The number of carbonyl (C=O) groups excluding carboxylic acids is 1. The Hall–Kier alpha value is -1.26. The smallest absolute Gasteiger partial charge is 0.308 e. The third-order valence-electron chi connectivity index (χ3n) is 3.32. The van der Waals surface area contributed by atoms with Gasteiger partial charge in [0.1, 0.15) is 0 Å². The highest BCUT2D eigenvalue weighted by Gasteiger charge is 2.34. The van der Waals surface area contributed by atoms with Gasteiger partial charge >= 0.3 is 5.97 Å². The van der Waals surface area contributed by atoms with Gasteiger partial charge < -0.3 is 10.4 Å². The van der Waals surface area contributed by atoms with Crippen molar-refractivity contribution in [3.8, 4) is 0 Å². The molecule has 0 radical (unpaired) electrons. The number of amides is 1. The Bertz CT molecular complexity index is 519. The Labute approximate surface area is 120 Å². The van der Waals surface area contributed by atoms with E-state index in [1.807, 2.05) is 0 Å². The summed E-state index contributed by atoms with van der Waals surface area (Å²) in [5.74, 6) is -1.78. The number of hydrogen-bond donors (Lipinski definition) is 2. The zero-order valence-corrected chi connectivity index (χ0v) is 11.5. The van der Waals surface area contributed by atoms with E-state index in [0.29, 0.717) is 22.9 Å². The van der Waals surface area contributed by atoms with Gasteiger partial charge in [-0.15, -0.1) is 0 Å². The summed E-state index contributed by atoms with van der Waals surface area (Å²) in [6, 6.07) is 4.27. The first-order valence-electron chi connectivity index (χ1n) is 5.98. The van der Waals surface area contributed by atoms with Gasteiger partial charge in [-0.25, -0.2) is 0 Å². The van der Waals surface area contributed by atoms with Crippen molar-refractivity contribution in [2.45, 2.75) is 25.3 Å². The number of halogens is 2. The van der Waals surface area contributed by atoms with Crippen molar-refractivity contribution in [3.05, 3.63) is 33.8 Å². The predicted octanol–water partition coefficient (Wildman–Crippen LogP) is 2.98. The number of rotatable bonds is 3. The second-order valence-corrected chi connectivity index (χ2v) is 5.42. The number of carbonyl (C=O) groups is 2. The monoisotopic (exact) mass is 301 g/mol. The lowest BCUT2D eigenvalue weighted by atomic mass is 10.0. The SMILES string of the molecule is O=C(N[C@H]1CCC[C@H]1C(=O)O)c1cc(Cl)ccc1Cl. The van der Waals surface area contributed by atoms with Crippen molar-refractivity contribution < 1.29 is 14.7 Å². The molecule has 4 nitrogen and oxygen atoms in total. The second-order valence-electron chi connectivity index (χ2n) is 4.58. The lowest BCUT2D eigenvalue weighted by Gasteiger charge is -2.18. The van der Waals surface area contributed by atoms with Gasteiger partial charge in [-0.05, 0) is 31.0 Å². The van der Waals surface area contributed by atoms with Gasteiger partial charge in [0.2, 0.25) is 0 Å². The number of nitrogens with one attached hydrogen (secondary N) is 1. The van der Waals surface area contributed by atoms with Crippen molar-refractivity contribution in [2.75, 3.05) is 0 Å². The molecular weight excluding hydrogens is 289 g/mol. The molecule has 1 aliphatic rings. The maximum absolute atomic E-state index is 12.1. The average Bonchev–Trinajstić information content (AvgIpc) is 2.80. The number of hydrogen-bond acceptors (Lipinski definition) is 2. The number of carboxylic acid groups (broad SMARTS) is 1. The van der Waals surface area contributed by atoms with E-state index < -0.39 is 11.9 Å². The van der Waals surface area contributed by atoms with Gasteiger partial charge in [-0.3, -0.25) is 9.59 Å². The molecule has 2 N–H and O–H groups in total. The molecule has 1 aromatic rings. The molecule has 6 heteroatoms. The molecule has 0 spiro atoms. The minimum absolute atomic E-state index is 0.269. The largest absolute Gasteiger partial charge is 0.481 e. The summed E-state index contributed by atoms with van der Waals surface area (Å²) in [4.78, 5) is 23.1. The van der Waals surface area contributed by atoms with Gasteiger partial charge in [0.05, 0.1) is 16.5 Å². The van der Waals surface area contributed by atoms with Crippen LogP contribution in [0.4, 0.5) is 0 Å². The lowest BCUT2D eigenvalue weighted by Crippen LogP contribution is -2.40. The molecule has 0 bridgehead atoms. The Morgan fingerprint density at radius 2 is 2.00 bits per heavy atom. The molecule has 0 aliphatic heterocycles. The van der Waals surface area contributed by atoms with Crippen molar-refractivity contribution in [2.24, 2.45) is 5.92 Å². The Kier molecular flexibility index (Phi) is 4.32. The van der Waals surface area contributed by atoms with E-state index in [0.717, 1.165) is 6.42 Å². The third kappa shape index (κ3) is 3.19. The molecule has 1 amide bonds. The van der Waals surface area contributed by atoms with Gasteiger partial charge in [0, 0.05) is 11.1 Å². The molecular formula is C13H13Cl2NO3. The molecule has 0 saturated heterocycles. The zero-order chi connectivity index (χ0) is 14.0. The van der Waals surface area contributed by atoms with Gasteiger partial charge in [-0.1, -0.05) is 29.6 Å². The van der Waals surface area contributed by atoms with E-state index in [2.05, 4.69) is 5.32 Å². The Morgan fingerprint density at radius 3 is 2.68 bits per heavy atom. The van der Waals surface area contributed by atoms with Crippen LogP contribution in [0.2, 0.25) is 10.0 Å². The fourth-order valence-corrected chi connectivity index (χ4v) is 2.72. The molecule has 0 aromatic heterocycles. The van der Waals surface area contributed by atoms with Crippen LogP contribution in [-0.2, 0) is 4.79 Å². The first kappa shape index (κ1) is 14.2. The van der Waals surface area contributed by atoms with E-state index >= 15 is 0 Å². The molecule has 19 heavy (non-hydrogen) atoms. The lowest BCUT2D eigenvalue weighted by molar-refractivity contribution is -0.142. The summed E-state index contributed by atoms with van der Waals surface area (Å²) in [7, 11) is 0. The zero-order valence-electron chi connectivity index (χ0n) is 10.0. The Balaban J connectivity index is 2.12. The minimum atomic E-state index is -0.875. The van der Waals surface area contributed by atoms with E-state index in [4.69, 9.17) is 28.3 Å². The second kappa shape index (κ2) is 5.80. The summed E-state index contributed by atoms with van der Waals surface area (Å²) in [6.45, 7) is 0. The molecule has 1 saturated carbocycles. The number of aliphatic carboxylic acids is 1. The van der Waals surface area contributed by atoms with Crippen LogP contribution >= 0.6 is 23.2 Å². The number of carboxylic acids is 1. The van der Waals surface area contributed by atoms with Crippen molar-refractivity contribution in [1.29, 1.82) is 0 Å². The highest BCUT2D eigenvalue weighted by Crippen LogP contribution is 2.27. The van der Waals surface area contributed by atoms with E-state index in [1.165, 1.54) is 6.07 Å². The van der Waals surface area contributed by atoms with Crippen LogP contribution in [0.3, 0.4) is 0 Å². The Morgan fingerprint density at radius 1 is 1.26 bits per heavy atom. The van der Waals surface area contributed by atoms with Gasteiger partial charge in [0.15, 0.2) is 0 Å². The fourth-order valence-electron chi connectivity index (χ4n) is 2.35. The maximum atomic E-state index is 12.1. The average molecular weight is 302 g/mol. The fraction of sp³-hybridized carbons (Fsp3) is 0.385. The standard InChI is InChI=1S/C13H13Cl2NO3/c14-7-4-5-10(15)9(6-7)12(17)16-11-3-1-2-8(11)13(18)19/h4-6,8,11H,1-3H2,(H,16,17)(H,18,19)/t8-,11+/m1/s1. The first-order chi connectivity index (χ1) is 8.99. The molecule has 1 aliphatic carbocycles. The van der Waals surface area contributed by atoms with E-state index in [1.54, 1.807) is 12.1 Å². The minimum Gasteiger partial charge on any atom is -0.481 e. The highest BCUT2D eigenvalue weighted by atomic mass is 35.5. The van der Waals surface area contributed by atoms with Gasteiger partial charge in [-0.2, -0.15) is 0 Å². The van der Waals surface area contributed by atoms with Crippen LogP contribution < -0.4 is 5.32 Å². The molecule has 0 unspecified atom stereocenters. The topological polar surface area (TPSA) is 66.4 Å². The summed E-state index contributed by atoms with van der Waals surface area (Å²) in [6.07, 6.45) is 2.05. The summed E-state index contributed by atoms with van der Waals surface area (Å²) < 4.78 is 0. The summed E-state index contributed by atoms with van der Waals surface area (Å²) in [5, 5.41) is 12.5. The van der Waals surface area contributed by atoms with Crippen molar-refractivity contribution in [1.82, 2.24) is 5.32 Å². The highest BCUT2D eigenvalue weighted by molar-refractivity contribution is 6.35. The summed E-state index contributed by atoms with van der Waals surface area (Å²) >= 11 is 11.8. The molecule has 1 fully saturated rings. The first-order valence-corrected chi connectivity index (χ1v) is 6.73. The van der Waals surface area contributed by atoms with Crippen LogP contribution in [0.5, 0.6) is 0 Å². The van der Waals surface area contributed by atoms with Crippen LogP contribution in [0, 0.1) is 5.92 Å². The molecule has 2 rings (SSSR count). The van der Waals surface area contributed by atoms with E-state index in [9.17, 15) is 9.59 Å². The quantitative estimate of drug-likeness (QED) is 0.902.